The van der Waals surface area contributed by atoms with Crippen LogP contribution in [0.2, 0.25) is 0 Å². The van der Waals surface area contributed by atoms with Crippen LogP contribution >= 0.6 is 0 Å². The van der Waals surface area contributed by atoms with Crippen LogP contribution in [0.25, 0.3) is 0 Å². The maximum absolute atomic E-state index is 12.2. The van der Waals surface area contributed by atoms with Crippen molar-refractivity contribution in [2.45, 2.75) is 57.3 Å². The van der Waals surface area contributed by atoms with E-state index in [-0.39, 0.29) is 5.91 Å². The molecule has 4 nitrogen and oxygen atoms in total. The van der Waals surface area contributed by atoms with Gasteiger partial charge in [0.2, 0.25) is 5.91 Å². The number of methoxy groups -OCH3 is 1. The Morgan fingerprint density at radius 1 is 1.23 bits per heavy atom. The molecule has 3 rings (SSSR count). The maximum atomic E-state index is 12.2. The van der Waals surface area contributed by atoms with Crippen LogP contribution in [0.1, 0.15) is 43.2 Å². The van der Waals surface area contributed by atoms with Gasteiger partial charge in [0.25, 0.3) is 0 Å². The molecule has 2 bridgehead atoms. The Labute approximate surface area is 132 Å². The van der Waals surface area contributed by atoms with Crippen molar-refractivity contribution in [2.24, 2.45) is 5.92 Å². The van der Waals surface area contributed by atoms with Crippen LogP contribution < -0.4 is 10.6 Å². The zero-order valence-electron chi connectivity index (χ0n) is 13.3. The molecule has 22 heavy (non-hydrogen) atoms. The van der Waals surface area contributed by atoms with Gasteiger partial charge in [-0.25, -0.2) is 0 Å². The number of ether oxygens (including phenoxy) is 1. The third-order valence-corrected chi connectivity index (χ3v) is 4.94. The topological polar surface area (TPSA) is 50.4 Å². The van der Waals surface area contributed by atoms with E-state index in [1.165, 1.54) is 12.8 Å². The summed E-state index contributed by atoms with van der Waals surface area (Å²) in [6, 6.07) is 9.42. The van der Waals surface area contributed by atoms with Gasteiger partial charge in [-0.3, -0.25) is 4.79 Å². The van der Waals surface area contributed by atoms with Gasteiger partial charge in [-0.2, -0.15) is 0 Å². The molecule has 2 unspecified atom stereocenters. The molecule has 0 aliphatic carbocycles. The minimum atomic E-state index is 0.179. The smallest absolute Gasteiger partial charge is 0.220 e. The van der Waals surface area contributed by atoms with Crippen molar-refractivity contribution in [2.75, 3.05) is 7.11 Å². The lowest BCUT2D eigenvalue weighted by molar-refractivity contribution is -0.122. The number of hydrogen-bond acceptors (Lipinski definition) is 3. The van der Waals surface area contributed by atoms with Crippen molar-refractivity contribution < 1.29 is 9.53 Å². The fraction of sp³-hybridized carbons (Fsp3) is 0.611. The lowest BCUT2D eigenvalue weighted by atomic mass is 9.89. The fourth-order valence-corrected chi connectivity index (χ4v) is 3.90. The standard InChI is InChI=1S/C18H26N2O2/c1-22-12-15-5-3-2-4-14(15)11-19-18(21)10-13-8-16-6-7-17(9-13)20-16/h2-5,13,16-17,20H,6-12H2,1H3,(H,19,21). The van der Waals surface area contributed by atoms with Gasteiger partial charge in [0.15, 0.2) is 0 Å². The average Bonchev–Trinajstić information content (AvgIpc) is 2.85. The van der Waals surface area contributed by atoms with E-state index < -0.39 is 0 Å². The van der Waals surface area contributed by atoms with Crippen LogP contribution in [0, 0.1) is 5.92 Å². The van der Waals surface area contributed by atoms with Crippen LogP contribution in [0.4, 0.5) is 0 Å². The predicted molar refractivity (Wildman–Crippen MR) is 86.3 cm³/mol. The first-order chi connectivity index (χ1) is 10.7. The minimum absolute atomic E-state index is 0.179. The van der Waals surface area contributed by atoms with E-state index in [2.05, 4.69) is 22.8 Å². The van der Waals surface area contributed by atoms with Crippen LogP contribution in [0.5, 0.6) is 0 Å². The van der Waals surface area contributed by atoms with E-state index in [1.807, 2.05) is 12.1 Å². The molecule has 120 valence electrons. The second-order valence-corrected chi connectivity index (χ2v) is 6.66. The summed E-state index contributed by atoms with van der Waals surface area (Å²) in [6.45, 7) is 1.18. The number of carbonyl (C=O) groups excluding carboxylic acids is 1. The van der Waals surface area contributed by atoms with E-state index >= 15 is 0 Å². The molecule has 2 fully saturated rings. The molecular formula is C18H26N2O2. The number of rotatable bonds is 6. The van der Waals surface area contributed by atoms with Crippen molar-refractivity contribution in [3.8, 4) is 0 Å². The summed E-state index contributed by atoms with van der Waals surface area (Å²) in [6.07, 6.45) is 5.55. The molecule has 0 radical (unpaired) electrons. The summed E-state index contributed by atoms with van der Waals surface area (Å²) in [5, 5.41) is 6.71. The van der Waals surface area contributed by atoms with Crippen LogP contribution in [0.3, 0.4) is 0 Å². The predicted octanol–water partition coefficient (Wildman–Crippen LogP) is 2.37. The number of nitrogens with one attached hydrogen (secondary N) is 2. The third kappa shape index (κ3) is 3.87. The van der Waals surface area contributed by atoms with Crippen LogP contribution in [-0.4, -0.2) is 25.1 Å². The van der Waals surface area contributed by atoms with Gasteiger partial charge in [-0.1, -0.05) is 24.3 Å². The molecule has 1 amide bonds. The third-order valence-electron chi connectivity index (χ3n) is 4.94. The highest BCUT2D eigenvalue weighted by atomic mass is 16.5. The van der Waals surface area contributed by atoms with Crippen LogP contribution in [-0.2, 0) is 22.7 Å². The number of amides is 1. The maximum Gasteiger partial charge on any atom is 0.220 e. The average molecular weight is 302 g/mol. The SMILES string of the molecule is COCc1ccccc1CNC(=O)CC1CC2CCC(C1)N2. The summed E-state index contributed by atoms with van der Waals surface area (Å²) in [5.74, 6) is 0.728. The second kappa shape index (κ2) is 7.25. The van der Waals surface area contributed by atoms with E-state index in [0.717, 1.165) is 24.0 Å². The quantitative estimate of drug-likeness (QED) is 0.848. The number of carbonyl (C=O) groups is 1. The van der Waals surface area contributed by atoms with Crippen molar-refractivity contribution in [1.29, 1.82) is 0 Å². The molecule has 4 heteroatoms. The van der Waals surface area contributed by atoms with Gasteiger partial charge in [-0.05, 0) is 42.7 Å². The molecule has 2 saturated heterocycles. The zero-order chi connectivity index (χ0) is 15.4. The number of piperidine rings is 1. The number of hydrogen-bond donors (Lipinski definition) is 2. The summed E-state index contributed by atoms with van der Waals surface area (Å²) >= 11 is 0. The van der Waals surface area contributed by atoms with Crippen LogP contribution in [0.15, 0.2) is 24.3 Å². The first kappa shape index (κ1) is 15.5. The molecule has 2 atom stereocenters. The van der Waals surface area contributed by atoms with Gasteiger partial charge in [0, 0.05) is 32.2 Å². The monoisotopic (exact) mass is 302 g/mol. The van der Waals surface area contributed by atoms with Crippen molar-refractivity contribution in [1.82, 2.24) is 10.6 Å². The molecule has 2 aliphatic rings. The lowest BCUT2D eigenvalue weighted by Crippen LogP contribution is -2.39. The molecule has 0 saturated carbocycles. The van der Waals surface area contributed by atoms with E-state index in [4.69, 9.17) is 4.74 Å². The molecule has 2 N–H and O–H groups in total. The van der Waals surface area contributed by atoms with Crippen molar-refractivity contribution in [3.05, 3.63) is 35.4 Å². The van der Waals surface area contributed by atoms with Crippen molar-refractivity contribution in [3.63, 3.8) is 0 Å². The highest BCUT2D eigenvalue weighted by Crippen LogP contribution is 2.32. The molecule has 0 spiro atoms. The molecule has 0 aromatic heterocycles. The Balaban J connectivity index is 1.48. The van der Waals surface area contributed by atoms with Crippen molar-refractivity contribution >= 4 is 5.91 Å². The van der Waals surface area contributed by atoms with Gasteiger partial charge in [-0.15, -0.1) is 0 Å². The zero-order valence-corrected chi connectivity index (χ0v) is 13.3. The van der Waals surface area contributed by atoms with Gasteiger partial charge in [0.05, 0.1) is 6.61 Å². The molecule has 1 aromatic carbocycles. The normalized spacial score (nSPS) is 26.9. The highest BCUT2D eigenvalue weighted by Gasteiger charge is 2.34. The summed E-state index contributed by atoms with van der Waals surface area (Å²) in [5.41, 5.74) is 2.29. The molecule has 1 aromatic rings. The largest absolute Gasteiger partial charge is 0.380 e. The minimum Gasteiger partial charge on any atom is -0.380 e. The van der Waals surface area contributed by atoms with E-state index in [0.29, 0.717) is 37.6 Å². The Bertz CT molecular complexity index is 506. The van der Waals surface area contributed by atoms with E-state index in [1.54, 1.807) is 7.11 Å². The summed E-state index contributed by atoms with van der Waals surface area (Å²) in [7, 11) is 1.70. The summed E-state index contributed by atoms with van der Waals surface area (Å²) in [4.78, 5) is 12.2. The Morgan fingerprint density at radius 2 is 1.91 bits per heavy atom. The van der Waals surface area contributed by atoms with E-state index in [9.17, 15) is 4.79 Å². The molecule has 2 heterocycles. The Kier molecular flexibility index (Phi) is 5.11. The highest BCUT2D eigenvalue weighted by molar-refractivity contribution is 5.76. The van der Waals surface area contributed by atoms with Gasteiger partial charge >= 0.3 is 0 Å². The lowest BCUT2D eigenvalue weighted by Gasteiger charge is -2.28. The Morgan fingerprint density at radius 3 is 2.59 bits per heavy atom. The first-order valence-corrected chi connectivity index (χ1v) is 8.33. The van der Waals surface area contributed by atoms with Gasteiger partial charge < -0.3 is 15.4 Å². The second-order valence-electron chi connectivity index (χ2n) is 6.66. The summed E-state index contributed by atoms with van der Waals surface area (Å²) < 4.78 is 5.21. The number of fused-ring (bicyclic) bond motifs is 2. The molecule has 2 aliphatic heterocycles. The number of benzene rings is 1. The molecular weight excluding hydrogens is 276 g/mol. The first-order valence-electron chi connectivity index (χ1n) is 8.33. The fourth-order valence-electron chi connectivity index (χ4n) is 3.90. The Hall–Kier alpha value is -1.39. The van der Waals surface area contributed by atoms with Gasteiger partial charge in [0.1, 0.15) is 0 Å².